The Morgan fingerprint density at radius 3 is 1.00 bits per heavy atom. The van der Waals surface area contributed by atoms with Crippen LogP contribution in [0.4, 0.5) is 0 Å². The van der Waals surface area contributed by atoms with E-state index in [1.165, 1.54) is 218 Å². The van der Waals surface area contributed by atoms with Crippen molar-refractivity contribution in [2.45, 2.75) is 384 Å². The molecule has 0 spiro atoms. The minimum Gasteiger partial charge on any atom is -0.394 e. The van der Waals surface area contributed by atoms with Crippen LogP contribution in [0.3, 0.4) is 0 Å². The number of nitrogens with one attached hydrogen (secondary N) is 1. The molecule has 9 nitrogen and oxygen atoms in total. The average Bonchev–Trinajstić information content (AvgIpc) is 0.840. The molecule has 0 bridgehead atoms. The Morgan fingerprint density at radius 1 is 0.365 bits per heavy atom. The van der Waals surface area contributed by atoms with Gasteiger partial charge in [0.1, 0.15) is 24.4 Å². The van der Waals surface area contributed by atoms with E-state index in [2.05, 4.69) is 153 Å². The number of ether oxygens (including phenoxy) is 2. The van der Waals surface area contributed by atoms with Gasteiger partial charge >= 0.3 is 0 Å². The maximum absolute atomic E-state index is 13.2. The van der Waals surface area contributed by atoms with E-state index in [4.69, 9.17) is 9.47 Å². The van der Waals surface area contributed by atoms with Gasteiger partial charge in [-0.1, -0.05) is 365 Å². The lowest BCUT2D eigenvalue weighted by Gasteiger charge is -2.40. The molecule has 1 rings (SSSR count). The van der Waals surface area contributed by atoms with E-state index in [0.717, 1.165) is 103 Å². The number of carbonyl (C=O) groups is 1. The number of hydrogen-bond acceptors (Lipinski definition) is 8. The molecule has 1 amide bonds. The molecule has 1 aliphatic rings. The number of unbranched alkanes of at least 4 members (excludes halogenated alkanes) is 37. The fourth-order valence-corrected chi connectivity index (χ4v) is 12.0. The monoisotopic (exact) mass is 1340 g/mol. The summed E-state index contributed by atoms with van der Waals surface area (Å²) in [4.78, 5) is 13.2. The third kappa shape index (κ3) is 61.2. The van der Waals surface area contributed by atoms with Gasteiger partial charge in [0.05, 0.1) is 25.4 Å². The lowest BCUT2D eigenvalue weighted by atomic mass is 9.99. The van der Waals surface area contributed by atoms with E-state index < -0.39 is 49.5 Å². The Kier molecular flexibility index (Phi) is 69.2. The van der Waals surface area contributed by atoms with E-state index in [1.807, 2.05) is 6.08 Å². The van der Waals surface area contributed by atoms with E-state index in [9.17, 15) is 30.3 Å². The van der Waals surface area contributed by atoms with Crippen molar-refractivity contribution in [3.05, 3.63) is 146 Å². The maximum Gasteiger partial charge on any atom is 0.220 e. The van der Waals surface area contributed by atoms with E-state index in [-0.39, 0.29) is 12.5 Å². The van der Waals surface area contributed by atoms with Crippen molar-refractivity contribution < 1.29 is 39.8 Å². The van der Waals surface area contributed by atoms with Crippen molar-refractivity contribution in [1.29, 1.82) is 0 Å². The summed E-state index contributed by atoms with van der Waals surface area (Å²) >= 11 is 0. The molecule has 6 N–H and O–H groups in total. The summed E-state index contributed by atoms with van der Waals surface area (Å²) < 4.78 is 11.3. The Balaban J connectivity index is 2.13. The van der Waals surface area contributed by atoms with Crippen molar-refractivity contribution in [2.24, 2.45) is 0 Å². The molecule has 0 aliphatic carbocycles. The summed E-state index contributed by atoms with van der Waals surface area (Å²) in [6, 6.07) is -0.840. The van der Waals surface area contributed by atoms with Gasteiger partial charge in [0.15, 0.2) is 6.29 Å². The largest absolute Gasteiger partial charge is 0.394 e. The lowest BCUT2D eigenvalue weighted by molar-refractivity contribution is -0.302. The van der Waals surface area contributed by atoms with Crippen LogP contribution in [0, 0.1) is 0 Å². The summed E-state index contributed by atoms with van der Waals surface area (Å²) in [7, 11) is 0. The number of rotatable bonds is 69. The molecule has 0 aromatic rings. The van der Waals surface area contributed by atoms with Gasteiger partial charge in [-0.2, -0.15) is 0 Å². The second kappa shape index (κ2) is 73.8. The standard InChI is InChI=1S/C87H149NO8/c1-3-5-7-9-11-13-15-17-19-21-23-25-27-29-31-33-35-37-38-39-40-41-42-43-44-45-47-49-51-53-55-57-59-61-63-65-67-69-71-73-75-77-83(91)88-80(79-95-87-86(94)85(93)84(92)82(78-89)96-87)81(90)76-74-72-70-68-66-64-62-60-58-56-54-52-50-48-46-36-34-32-30-28-26-24-22-20-18-16-14-12-10-8-6-4-2/h5,7,11,13,17,19,23,25,29,31,35,37,39-40,42-43,45,47,58,60,66,68,74,76,80-82,84-87,89-90,92-94H,3-4,6,8-10,12,14-16,18,20-22,24,26-28,30,32-34,36,38,41,44,46,48-57,59,61-65,67,69-73,75,77-79H2,1-2H3,(H,88,91)/b7-5-,13-11-,19-17-,25-23-,31-29-,37-35-,40-39-,43-42-,47-45-,60-58+,68-66+,76-74+. The molecular formula is C87H149NO8. The van der Waals surface area contributed by atoms with Crippen LogP contribution in [-0.2, 0) is 14.3 Å². The summed E-state index contributed by atoms with van der Waals surface area (Å²) in [6.45, 7) is 3.67. The average molecular weight is 1340 g/mol. The third-order valence-corrected chi connectivity index (χ3v) is 18.1. The molecule has 0 aromatic carbocycles. The van der Waals surface area contributed by atoms with Gasteiger partial charge in [-0.15, -0.1) is 0 Å². The number of allylic oxidation sites excluding steroid dienone is 23. The van der Waals surface area contributed by atoms with Gasteiger partial charge in [-0.3, -0.25) is 4.79 Å². The molecule has 0 aromatic heterocycles. The quantitative estimate of drug-likeness (QED) is 0.0261. The van der Waals surface area contributed by atoms with E-state index in [0.29, 0.717) is 6.42 Å². The summed E-state index contributed by atoms with van der Waals surface area (Å²) in [5.41, 5.74) is 0. The Hall–Kier alpha value is -3.93. The van der Waals surface area contributed by atoms with Crippen molar-refractivity contribution >= 4 is 5.91 Å². The Bertz CT molecular complexity index is 2040. The Morgan fingerprint density at radius 2 is 0.656 bits per heavy atom. The van der Waals surface area contributed by atoms with Crippen molar-refractivity contribution in [1.82, 2.24) is 5.32 Å². The second-order valence-electron chi connectivity index (χ2n) is 27.1. The highest BCUT2D eigenvalue weighted by molar-refractivity contribution is 5.76. The first-order valence-corrected chi connectivity index (χ1v) is 40.1. The highest BCUT2D eigenvalue weighted by Gasteiger charge is 2.44. The normalized spacial score (nSPS) is 18.3. The lowest BCUT2D eigenvalue weighted by Crippen LogP contribution is -2.60. The molecule has 1 saturated heterocycles. The molecule has 0 saturated carbocycles. The van der Waals surface area contributed by atoms with Crippen LogP contribution in [0.5, 0.6) is 0 Å². The second-order valence-corrected chi connectivity index (χ2v) is 27.1. The number of aliphatic hydroxyl groups is 5. The first-order valence-electron chi connectivity index (χ1n) is 40.1. The topological polar surface area (TPSA) is 149 Å². The van der Waals surface area contributed by atoms with Gasteiger partial charge in [0.25, 0.3) is 0 Å². The fourth-order valence-electron chi connectivity index (χ4n) is 12.0. The number of hydrogen-bond donors (Lipinski definition) is 6. The molecule has 550 valence electrons. The van der Waals surface area contributed by atoms with Crippen molar-refractivity contribution in [2.75, 3.05) is 13.2 Å². The van der Waals surface area contributed by atoms with Crippen LogP contribution in [-0.4, -0.2) is 87.5 Å². The molecule has 9 heteroatoms. The molecule has 7 unspecified atom stereocenters. The van der Waals surface area contributed by atoms with Crippen molar-refractivity contribution in [3.63, 3.8) is 0 Å². The number of aliphatic hydroxyl groups excluding tert-OH is 5. The summed E-state index contributed by atoms with van der Waals surface area (Å²) in [5.74, 6) is -0.194. The number of carbonyl (C=O) groups excluding carboxylic acids is 1. The molecule has 0 radical (unpaired) electrons. The fraction of sp³-hybridized carbons (Fsp3) is 0.713. The predicted molar refractivity (Wildman–Crippen MR) is 414 cm³/mol. The van der Waals surface area contributed by atoms with Gasteiger partial charge in [0.2, 0.25) is 5.91 Å². The Labute approximate surface area is 591 Å². The molecule has 1 aliphatic heterocycles. The molecule has 7 atom stereocenters. The van der Waals surface area contributed by atoms with Crippen LogP contribution in [0.2, 0.25) is 0 Å². The zero-order chi connectivity index (χ0) is 69.2. The molecule has 96 heavy (non-hydrogen) atoms. The van der Waals surface area contributed by atoms with Gasteiger partial charge in [-0.25, -0.2) is 0 Å². The molecule has 1 fully saturated rings. The summed E-state index contributed by atoms with van der Waals surface area (Å²) in [6.07, 6.45) is 107. The molecular weight excluding hydrogens is 1190 g/mol. The van der Waals surface area contributed by atoms with Crippen LogP contribution < -0.4 is 5.32 Å². The van der Waals surface area contributed by atoms with Gasteiger partial charge in [-0.05, 0) is 116 Å². The first-order chi connectivity index (χ1) is 47.3. The highest BCUT2D eigenvalue weighted by Crippen LogP contribution is 2.23. The van der Waals surface area contributed by atoms with Crippen LogP contribution in [0.1, 0.15) is 341 Å². The summed E-state index contributed by atoms with van der Waals surface area (Å²) in [5, 5.41) is 54.9. The van der Waals surface area contributed by atoms with Crippen LogP contribution >= 0.6 is 0 Å². The minimum absolute atomic E-state index is 0.194. The highest BCUT2D eigenvalue weighted by atomic mass is 16.7. The number of amides is 1. The van der Waals surface area contributed by atoms with Gasteiger partial charge in [0, 0.05) is 6.42 Å². The maximum atomic E-state index is 13.2. The van der Waals surface area contributed by atoms with E-state index >= 15 is 0 Å². The molecule has 1 heterocycles. The van der Waals surface area contributed by atoms with Crippen LogP contribution in [0.15, 0.2) is 146 Å². The zero-order valence-electron chi connectivity index (χ0n) is 61.8. The third-order valence-electron chi connectivity index (χ3n) is 18.1. The SMILES string of the molecule is CC/C=C\C/C=C\C/C=C\C/C=C\C/C=C\C/C=C\C/C=C\C/C=C\C/C=C\CCCCCCCCCCCCCCCC(=O)NC(COC1OC(CO)C(O)C(O)C1O)C(O)/C=C/CC/C=C/CC/C=C/CCCCCCCCCCCCCCCCCCCCCCCC. The van der Waals surface area contributed by atoms with Gasteiger partial charge < -0.3 is 40.3 Å². The van der Waals surface area contributed by atoms with Crippen LogP contribution in [0.25, 0.3) is 0 Å². The van der Waals surface area contributed by atoms with E-state index in [1.54, 1.807) is 6.08 Å². The predicted octanol–water partition coefficient (Wildman–Crippen LogP) is 23.3. The van der Waals surface area contributed by atoms with Crippen molar-refractivity contribution in [3.8, 4) is 0 Å². The minimum atomic E-state index is -1.58. The zero-order valence-corrected chi connectivity index (χ0v) is 61.8. The first kappa shape index (κ1) is 90.1. The smallest absolute Gasteiger partial charge is 0.220 e.